The van der Waals surface area contributed by atoms with Crippen LogP contribution >= 0.6 is 0 Å². The van der Waals surface area contributed by atoms with Gasteiger partial charge in [0.05, 0.1) is 24.2 Å². The van der Waals surface area contributed by atoms with Crippen LogP contribution in [0.3, 0.4) is 0 Å². The molecule has 152 valence electrons. The number of morpholine rings is 1. The monoisotopic (exact) mass is 408 g/mol. The maximum Gasteiger partial charge on any atom is 0.287 e. The van der Waals surface area contributed by atoms with Gasteiger partial charge in [0.1, 0.15) is 5.58 Å². The molecule has 1 atom stereocenters. The molecule has 2 aromatic rings. The molecule has 0 radical (unpaired) electrons. The molecule has 9 heteroatoms. The molecule has 4 rings (SSSR count). The van der Waals surface area contributed by atoms with Crippen LogP contribution in [0.25, 0.3) is 11.0 Å². The van der Waals surface area contributed by atoms with Gasteiger partial charge in [-0.2, -0.15) is 4.31 Å². The number of carbonyl (C=O) groups is 1. The van der Waals surface area contributed by atoms with Crippen LogP contribution < -0.4 is 5.32 Å². The van der Waals surface area contributed by atoms with Crippen LogP contribution in [0.5, 0.6) is 0 Å². The summed E-state index contributed by atoms with van der Waals surface area (Å²) in [4.78, 5) is 12.7. The average molecular weight is 408 g/mol. The topological polar surface area (TPSA) is 98.1 Å². The third-order valence-electron chi connectivity index (χ3n) is 5.24. The number of furan rings is 1. The Bertz CT molecular complexity index is 972. The first-order valence-electron chi connectivity index (χ1n) is 9.47. The number of rotatable bonds is 5. The molecule has 2 aliphatic rings. The van der Waals surface area contributed by atoms with E-state index >= 15 is 0 Å². The highest BCUT2D eigenvalue weighted by molar-refractivity contribution is 7.89. The molecule has 1 aromatic heterocycles. The number of nitrogens with one attached hydrogen (secondary N) is 1. The highest BCUT2D eigenvalue weighted by Gasteiger charge is 2.28. The van der Waals surface area contributed by atoms with E-state index in [1.54, 1.807) is 19.1 Å². The highest BCUT2D eigenvalue weighted by atomic mass is 32.2. The van der Waals surface area contributed by atoms with Gasteiger partial charge in [0, 0.05) is 37.2 Å². The van der Waals surface area contributed by atoms with E-state index < -0.39 is 10.0 Å². The Morgan fingerprint density at radius 3 is 2.75 bits per heavy atom. The fraction of sp³-hybridized carbons (Fsp3) is 0.526. The van der Waals surface area contributed by atoms with Crippen LogP contribution in [0.1, 0.15) is 29.0 Å². The number of carbonyl (C=O) groups excluding carboxylic acids is 1. The summed E-state index contributed by atoms with van der Waals surface area (Å²) in [5.41, 5.74) is 1.11. The van der Waals surface area contributed by atoms with Crippen molar-refractivity contribution in [3.8, 4) is 0 Å². The van der Waals surface area contributed by atoms with E-state index in [2.05, 4.69) is 5.32 Å². The molecule has 3 heterocycles. The zero-order chi connectivity index (χ0) is 19.7. The summed E-state index contributed by atoms with van der Waals surface area (Å²) in [7, 11) is -3.61. The van der Waals surface area contributed by atoms with E-state index in [4.69, 9.17) is 13.9 Å². The molecule has 0 bridgehead atoms. The Labute approximate surface area is 163 Å². The van der Waals surface area contributed by atoms with Crippen molar-refractivity contribution in [2.24, 2.45) is 0 Å². The van der Waals surface area contributed by atoms with Crippen molar-refractivity contribution in [2.75, 3.05) is 39.5 Å². The van der Waals surface area contributed by atoms with Gasteiger partial charge in [-0.15, -0.1) is 0 Å². The SMILES string of the molecule is Cc1c(C(=O)NC[C@@H]2CCCO2)oc2ccc(S(=O)(=O)N3CCOCC3)cc12. The summed E-state index contributed by atoms with van der Waals surface area (Å²) in [6, 6.07) is 4.70. The lowest BCUT2D eigenvalue weighted by Gasteiger charge is -2.26. The standard InChI is InChI=1S/C19H24N2O6S/c1-13-16-11-15(28(23,24)21-6-9-25-10-7-21)4-5-17(16)27-18(13)19(22)20-12-14-3-2-8-26-14/h4-5,11,14H,2-3,6-10,12H2,1H3,(H,20,22)/t14-/m0/s1. The highest BCUT2D eigenvalue weighted by Crippen LogP contribution is 2.29. The van der Waals surface area contributed by atoms with E-state index in [0.29, 0.717) is 49.4 Å². The van der Waals surface area contributed by atoms with E-state index in [0.717, 1.165) is 19.4 Å². The second kappa shape index (κ2) is 7.82. The van der Waals surface area contributed by atoms with Gasteiger partial charge in [0.25, 0.3) is 5.91 Å². The van der Waals surface area contributed by atoms with Crippen molar-refractivity contribution < 1.29 is 27.1 Å². The van der Waals surface area contributed by atoms with Crippen LogP contribution in [0.2, 0.25) is 0 Å². The summed E-state index contributed by atoms with van der Waals surface area (Å²) >= 11 is 0. The van der Waals surface area contributed by atoms with Crippen LogP contribution in [0, 0.1) is 6.92 Å². The Morgan fingerprint density at radius 2 is 2.04 bits per heavy atom. The van der Waals surface area contributed by atoms with Gasteiger partial charge in [0.2, 0.25) is 10.0 Å². The van der Waals surface area contributed by atoms with E-state index in [1.165, 1.54) is 10.4 Å². The number of nitrogens with zero attached hydrogens (tertiary/aromatic N) is 1. The maximum atomic E-state index is 12.9. The van der Waals surface area contributed by atoms with Crippen molar-refractivity contribution in [2.45, 2.75) is 30.8 Å². The normalized spacial score (nSPS) is 21.2. The van der Waals surface area contributed by atoms with Crippen molar-refractivity contribution in [3.63, 3.8) is 0 Å². The predicted molar refractivity (Wildman–Crippen MR) is 102 cm³/mol. The third-order valence-corrected chi connectivity index (χ3v) is 7.13. The minimum Gasteiger partial charge on any atom is -0.451 e. The minimum absolute atomic E-state index is 0.0407. The summed E-state index contributed by atoms with van der Waals surface area (Å²) < 4.78 is 43.6. The summed E-state index contributed by atoms with van der Waals surface area (Å²) in [6.45, 7) is 4.38. The number of benzene rings is 1. The molecule has 0 unspecified atom stereocenters. The molecule has 1 aromatic carbocycles. The van der Waals surface area contributed by atoms with Crippen molar-refractivity contribution in [1.82, 2.24) is 9.62 Å². The minimum atomic E-state index is -3.61. The van der Waals surface area contributed by atoms with Gasteiger partial charge in [0.15, 0.2) is 5.76 Å². The van der Waals surface area contributed by atoms with E-state index in [9.17, 15) is 13.2 Å². The van der Waals surface area contributed by atoms with Crippen molar-refractivity contribution in [3.05, 3.63) is 29.5 Å². The molecule has 0 spiro atoms. The summed E-state index contributed by atoms with van der Waals surface area (Å²) in [5.74, 6) is -0.115. The number of ether oxygens (including phenoxy) is 2. The van der Waals surface area contributed by atoms with E-state index in [-0.39, 0.29) is 22.7 Å². The van der Waals surface area contributed by atoms with Gasteiger partial charge >= 0.3 is 0 Å². The Hall–Kier alpha value is -1.94. The number of fused-ring (bicyclic) bond motifs is 1. The zero-order valence-electron chi connectivity index (χ0n) is 15.8. The molecule has 2 fully saturated rings. The number of aryl methyl sites for hydroxylation is 1. The second-order valence-electron chi connectivity index (χ2n) is 7.08. The molecule has 0 aliphatic carbocycles. The fourth-order valence-corrected chi connectivity index (χ4v) is 5.04. The van der Waals surface area contributed by atoms with Gasteiger partial charge < -0.3 is 19.2 Å². The number of hydrogen-bond acceptors (Lipinski definition) is 6. The lowest BCUT2D eigenvalue weighted by Crippen LogP contribution is -2.40. The van der Waals surface area contributed by atoms with Crippen LogP contribution in [0.15, 0.2) is 27.5 Å². The zero-order valence-corrected chi connectivity index (χ0v) is 16.6. The van der Waals surface area contributed by atoms with Gasteiger partial charge in [-0.05, 0) is 38.0 Å². The van der Waals surface area contributed by atoms with Crippen LogP contribution in [0.4, 0.5) is 0 Å². The number of hydrogen-bond donors (Lipinski definition) is 1. The lowest BCUT2D eigenvalue weighted by molar-refractivity contribution is 0.0730. The van der Waals surface area contributed by atoms with Gasteiger partial charge in [-0.1, -0.05) is 0 Å². The largest absolute Gasteiger partial charge is 0.451 e. The molecule has 2 aliphatic heterocycles. The van der Waals surface area contributed by atoms with Crippen LogP contribution in [-0.2, 0) is 19.5 Å². The quantitative estimate of drug-likeness (QED) is 0.808. The van der Waals surface area contributed by atoms with Crippen molar-refractivity contribution >= 4 is 26.9 Å². The number of amides is 1. The smallest absolute Gasteiger partial charge is 0.287 e. The van der Waals surface area contributed by atoms with Gasteiger partial charge in [-0.3, -0.25) is 4.79 Å². The molecular formula is C19H24N2O6S. The summed E-state index contributed by atoms with van der Waals surface area (Å²) in [6.07, 6.45) is 1.98. The van der Waals surface area contributed by atoms with E-state index in [1.807, 2.05) is 0 Å². The first kappa shape index (κ1) is 19.4. The lowest BCUT2D eigenvalue weighted by atomic mass is 10.1. The molecule has 28 heavy (non-hydrogen) atoms. The molecule has 0 saturated carbocycles. The van der Waals surface area contributed by atoms with Crippen LogP contribution in [-0.4, -0.2) is 64.2 Å². The Morgan fingerprint density at radius 1 is 1.25 bits per heavy atom. The average Bonchev–Trinajstić information content (AvgIpc) is 3.35. The first-order valence-corrected chi connectivity index (χ1v) is 10.9. The molecule has 2 saturated heterocycles. The maximum absolute atomic E-state index is 12.9. The Kier molecular flexibility index (Phi) is 5.42. The molecule has 8 nitrogen and oxygen atoms in total. The molecule has 1 amide bonds. The van der Waals surface area contributed by atoms with Gasteiger partial charge in [-0.25, -0.2) is 8.42 Å². The number of sulfonamides is 1. The fourth-order valence-electron chi connectivity index (χ4n) is 3.61. The first-order chi connectivity index (χ1) is 13.5. The second-order valence-corrected chi connectivity index (χ2v) is 9.01. The summed E-state index contributed by atoms with van der Waals surface area (Å²) in [5, 5.41) is 3.46. The molecule has 1 N–H and O–H groups in total. The van der Waals surface area contributed by atoms with Crippen molar-refractivity contribution in [1.29, 1.82) is 0 Å². The Balaban J connectivity index is 1.58. The predicted octanol–water partition coefficient (Wildman–Crippen LogP) is 1.67. The third kappa shape index (κ3) is 3.67. The molecular weight excluding hydrogens is 384 g/mol.